The summed E-state index contributed by atoms with van der Waals surface area (Å²) >= 11 is 4.96. The molecule has 156 valence electrons. The van der Waals surface area contributed by atoms with E-state index in [0.717, 1.165) is 35.4 Å². The van der Waals surface area contributed by atoms with Crippen molar-refractivity contribution < 1.29 is 19.0 Å². The average molecular weight is 482 g/mol. The molecule has 1 aromatic heterocycles. The van der Waals surface area contributed by atoms with E-state index in [9.17, 15) is 4.79 Å². The third kappa shape index (κ3) is 5.28. The molecular weight excluding hydrogens is 458 g/mol. The van der Waals surface area contributed by atoms with E-state index in [2.05, 4.69) is 45.0 Å². The van der Waals surface area contributed by atoms with Crippen LogP contribution in [-0.4, -0.2) is 54.3 Å². The maximum Gasteiger partial charge on any atom is 0.230 e. The van der Waals surface area contributed by atoms with Gasteiger partial charge in [0.1, 0.15) is 13.2 Å². The number of thiazole rings is 1. The Labute approximate surface area is 182 Å². The number of rotatable bonds is 5. The maximum absolute atomic E-state index is 12.5. The highest BCUT2D eigenvalue weighted by molar-refractivity contribution is 9.10. The number of fused-ring (bicyclic) bond motifs is 1. The van der Waals surface area contributed by atoms with Crippen LogP contribution >= 0.6 is 27.3 Å². The molecule has 2 unspecified atom stereocenters. The van der Waals surface area contributed by atoms with Crippen molar-refractivity contribution in [2.75, 3.05) is 31.6 Å². The number of nitrogens with zero attached hydrogens (tertiary/aromatic N) is 2. The number of ether oxygens (including phenoxy) is 3. The van der Waals surface area contributed by atoms with Gasteiger partial charge in [0.25, 0.3) is 0 Å². The fourth-order valence-electron chi connectivity index (χ4n) is 3.66. The van der Waals surface area contributed by atoms with Gasteiger partial charge in [-0.05, 0) is 31.5 Å². The van der Waals surface area contributed by atoms with Gasteiger partial charge in [-0.1, -0.05) is 15.9 Å². The zero-order chi connectivity index (χ0) is 20.4. The first-order valence-corrected chi connectivity index (χ1v) is 11.3. The van der Waals surface area contributed by atoms with Crippen molar-refractivity contribution >= 4 is 38.3 Å². The molecule has 29 heavy (non-hydrogen) atoms. The Morgan fingerprint density at radius 1 is 1.24 bits per heavy atom. The minimum absolute atomic E-state index is 0.114. The predicted octanol–water partition coefficient (Wildman–Crippen LogP) is 3.47. The molecular formula is C20H24BrN3O4S. The number of anilines is 1. The van der Waals surface area contributed by atoms with Gasteiger partial charge in [0.2, 0.25) is 5.91 Å². The molecule has 0 saturated carbocycles. The van der Waals surface area contributed by atoms with Crippen molar-refractivity contribution in [3.05, 3.63) is 33.2 Å². The second-order valence-electron chi connectivity index (χ2n) is 7.41. The van der Waals surface area contributed by atoms with Crippen LogP contribution < -0.4 is 14.8 Å². The molecule has 3 heterocycles. The highest BCUT2D eigenvalue weighted by Crippen LogP contribution is 2.35. The lowest BCUT2D eigenvalue weighted by Crippen LogP contribution is -2.44. The minimum atomic E-state index is -0.114. The first-order chi connectivity index (χ1) is 14.0. The fraction of sp³-hybridized carbons (Fsp3) is 0.500. The second kappa shape index (κ2) is 8.99. The van der Waals surface area contributed by atoms with Crippen LogP contribution in [0.25, 0.3) is 0 Å². The summed E-state index contributed by atoms with van der Waals surface area (Å²) in [6.07, 6.45) is 0.673. The van der Waals surface area contributed by atoms with Gasteiger partial charge >= 0.3 is 0 Å². The standard InChI is InChI=1S/C20H24BrN3O4S/c1-12-8-24(9-13(2)28-12)10-15-11-29-20(22-15)23-19(25)6-14-5-17-18(7-16(14)21)27-4-3-26-17/h5,7,11-13H,3-4,6,8-10H2,1-2H3,(H,22,23,25). The molecule has 4 rings (SSSR count). The van der Waals surface area contributed by atoms with E-state index in [0.29, 0.717) is 29.8 Å². The van der Waals surface area contributed by atoms with E-state index in [1.807, 2.05) is 17.5 Å². The Balaban J connectivity index is 1.35. The molecule has 0 spiro atoms. The van der Waals surface area contributed by atoms with Crippen molar-refractivity contribution in [2.45, 2.75) is 39.0 Å². The van der Waals surface area contributed by atoms with Crippen molar-refractivity contribution in [3.8, 4) is 11.5 Å². The number of aromatic nitrogens is 1. The number of carbonyl (C=O) groups excluding carboxylic acids is 1. The number of amides is 1. The number of carbonyl (C=O) groups is 1. The second-order valence-corrected chi connectivity index (χ2v) is 9.12. The van der Waals surface area contributed by atoms with Crippen LogP contribution in [-0.2, 0) is 22.5 Å². The molecule has 1 amide bonds. The number of hydrogen-bond acceptors (Lipinski definition) is 7. The molecule has 0 bridgehead atoms. The van der Waals surface area contributed by atoms with Crippen LogP contribution in [0.2, 0.25) is 0 Å². The summed E-state index contributed by atoms with van der Waals surface area (Å²) in [7, 11) is 0. The topological polar surface area (TPSA) is 72.9 Å². The Kier molecular flexibility index (Phi) is 6.38. The van der Waals surface area contributed by atoms with Gasteiger partial charge in [0.05, 0.1) is 24.3 Å². The summed E-state index contributed by atoms with van der Waals surface area (Å²) in [6.45, 7) is 7.77. The average Bonchev–Trinajstić information content (AvgIpc) is 3.08. The molecule has 1 aromatic carbocycles. The Hall–Kier alpha value is -1.68. The molecule has 7 nitrogen and oxygen atoms in total. The lowest BCUT2D eigenvalue weighted by molar-refractivity contribution is -0.115. The lowest BCUT2D eigenvalue weighted by Gasteiger charge is -2.34. The third-order valence-corrected chi connectivity index (χ3v) is 6.29. The smallest absolute Gasteiger partial charge is 0.230 e. The Bertz CT molecular complexity index is 881. The van der Waals surface area contributed by atoms with E-state index in [1.54, 1.807) is 0 Å². The normalized spacial score (nSPS) is 21.8. The number of morpholine rings is 1. The summed E-state index contributed by atoms with van der Waals surface area (Å²) in [5.74, 6) is 1.26. The van der Waals surface area contributed by atoms with Crippen molar-refractivity contribution in [1.29, 1.82) is 0 Å². The van der Waals surface area contributed by atoms with Crippen LogP contribution in [0.1, 0.15) is 25.1 Å². The number of nitrogens with one attached hydrogen (secondary N) is 1. The number of benzene rings is 1. The van der Waals surface area contributed by atoms with Gasteiger partial charge in [0.15, 0.2) is 16.6 Å². The van der Waals surface area contributed by atoms with Crippen LogP contribution in [0, 0.1) is 0 Å². The van der Waals surface area contributed by atoms with E-state index >= 15 is 0 Å². The van der Waals surface area contributed by atoms with Gasteiger partial charge in [-0.3, -0.25) is 9.69 Å². The largest absolute Gasteiger partial charge is 0.486 e. The molecule has 1 saturated heterocycles. The lowest BCUT2D eigenvalue weighted by atomic mass is 10.1. The molecule has 1 N–H and O–H groups in total. The molecule has 2 aliphatic rings. The van der Waals surface area contributed by atoms with Crippen molar-refractivity contribution in [1.82, 2.24) is 9.88 Å². The first-order valence-electron chi connectivity index (χ1n) is 9.66. The summed E-state index contributed by atoms with van der Waals surface area (Å²) in [5, 5.41) is 5.52. The van der Waals surface area contributed by atoms with E-state index in [4.69, 9.17) is 14.2 Å². The highest BCUT2D eigenvalue weighted by atomic mass is 79.9. The molecule has 2 atom stereocenters. The van der Waals surface area contributed by atoms with E-state index < -0.39 is 0 Å². The summed E-state index contributed by atoms with van der Waals surface area (Å²) in [4.78, 5) is 19.4. The predicted molar refractivity (Wildman–Crippen MR) is 115 cm³/mol. The Morgan fingerprint density at radius 3 is 2.66 bits per heavy atom. The SMILES string of the molecule is CC1CN(Cc2csc(NC(=O)Cc3cc4c(cc3Br)OCCO4)n2)CC(C)O1. The molecule has 2 aromatic rings. The Morgan fingerprint density at radius 2 is 1.93 bits per heavy atom. The van der Waals surface area contributed by atoms with Gasteiger partial charge in [-0.2, -0.15) is 0 Å². The monoisotopic (exact) mass is 481 g/mol. The molecule has 0 radical (unpaired) electrons. The van der Waals surface area contributed by atoms with Crippen molar-refractivity contribution in [3.63, 3.8) is 0 Å². The number of hydrogen-bond donors (Lipinski definition) is 1. The van der Waals surface area contributed by atoms with Crippen LogP contribution in [0.4, 0.5) is 5.13 Å². The third-order valence-electron chi connectivity index (χ3n) is 4.74. The van der Waals surface area contributed by atoms with Gasteiger partial charge < -0.3 is 19.5 Å². The number of halogens is 1. The quantitative estimate of drug-likeness (QED) is 0.704. The van der Waals surface area contributed by atoms with Gasteiger partial charge in [-0.15, -0.1) is 11.3 Å². The van der Waals surface area contributed by atoms with Crippen LogP contribution in [0.5, 0.6) is 11.5 Å². The molecule has 2 aliphatic heterocycles. The first kappa shape index (κ1) is 20.6. The summed E-state index contributed by atoms with van der Waals surface area (Å²) in [6, 6.07) is 3.70. The molecule has 0 aliphatic carbocycles. The fourth-order valence-corrected chi connectivity index (χ4v) is 4.84. The highest BCUT2D eigenvalue weighted by Gasteiger charge is 2.23. The van der Waals surface area contributed by atoms with E-state index in [-0.39, 0.29) is 24.5 Å². The van der Waals surface area contributed by atoms with E-state index in [1.165, 1.54) is 11.3 Å². The summed E-state index contributed by atoms with van der Waals surface area (Å²) in [5.41, 5.74) is 1.81. The maximum atomic E-state index is 12.5. The molecule has 1 fully saturated rings. The van der Waals surface area contributed by atoms with Crippen LogP contribution in [0.15, 0.2) is 22.0 Å². The van der Waals surface area contributed by atoms with Gasteiger partial charge in [0, 0.05) is 29.5 Å². The molecule has 9 heteroatoms. The van der Waals surface area contributed by atoms with Crippen LogP contribution in [0.3, 0.4) is 0 Å². The minimum Gasteiger partial charge on any atom is -0.486 e. The van der Waals surface area contributed by atoms with Crippen molar-refractivity contribution in [2.24, 2.45) is 0 Å². The summed E-state index contributed by atoms with van der Waals surface area (Å²) < 4.78 is 17.8. The zero-order valence-electron chi connectivity index (χ0n) is 16.4. The zero-order valence-corrected chi connectivity index (χ0v) is 18.8. The van der Waals surface area contributed by atoms with Gasteiger partial charge in [-0.25, -0.2) is 4.98 Å².